The summed E-state index contributed by atoms with van der Waals surface area (Å²) >= 11 is 0. The van der Waals surface area contributed by atoms with Crippen molar-refractivity contribution in [3.63, 3.8) is 0 Å². The van der Waals surface area contributed by atoms with Crippen LogP contribution in [0.25, 0.3) is 0 Å². The minimum atomic E-state index is -4.67. The number of hydrogen-bond acceptors (Lipinski definition) is 3. The molecule has 0 aromatic carbocycles. The molecule has 0 aliphatic carbocycles. The molecule has 0 aliphatic rings. The first-order valence-electron chi connectivity index (χ1n) is 3.72. The van der Waals surface area contributed by atoms with Crippen LogP contribution in [0.4, 0.5) is 0 Å². The van der Waals surface area contributed by atoms with Gasteiger partial charge in [-0.2, -0.15) is 8.42 Å². The molecule has 0 rings (SSSR count). The van der Waals surface area contributed by atoms with Crippen LogP contribution in [0.5, 0.6) is 0 Å². The maximum absolute atomic E-state index is 8.74. The molecule has 0 amide bonds. The van der Waals surface area contributed by atoms with Crippen LogP contribution >= 0.6 is 0 Å². The van der Waals surface area contributed by atoms with Crippen LogP contribution in [0.3, 0.4) is 0 Å². The van der Waals surface area contributed by atoms with Gasteiger partial charge < -0.3 is 6.53 Å². The first-order chi connectivity index (χ1) is 5.41. The summed E-state index contributed by atoms with van der Waals surface area (Å²) in [5.74, 6) is 0. The quantitative estimate of drug-likeness (QED) is 0.292. The van der Waals surface area contributed by atoms with Gasteiger partial charge in [-0.1, -0.05) is 26.2 Å². The van der Waals surface area contributed by atoms with Crippen molar-refractivity contribution in [2.24, 2.45) is 0 Å². The van der Waals surface area contributed by atoms with Gasteiger partial charge in [0.1, 0.15) is 0 Å². The minimum absolute atomic E-state index is 0. The van der Waals surface area contributed by atoms with E-state index in [0.717, 1.165) is 6.42 Å². The van der Waals surface area contributed by atoms with Crippen LogP contribution < -0.4 is 29.6 Å². The summed E-state index contributed by atoms with van der Waals surface area (Å²) in [7, 11) is -4.67. The summed E-state index contributed by atoms with van der Waals surface area (Å²) in [5.41, 5.74) is 0. The second kappa shape index (κ2) is 12.8. The van der Waals surface area contributed by atoms with Gasteiger partial charge in [0.2, 0.25) is 0 Å². The Balaban J connectivity index is -0.0000000651. The summed E-state index contributed by atoms with van der Waals surface area (Å²) in [5, 5.41) is 8.29. The smallest absolute Gasteiger partial charge is 1.00 e. The SMILES string of the molecule is CCCCCCO.O=S(=O)(O)O.[H-].[Na+]. The molecule has 0 aromatic rings. The number of rotatable bonds is 4. The molecule has 0 aromatic heterocycles. The average Bonchev–Trinajstić information content (AvgIpc) is 1.85. The fourth-order valence-corrected chi connectivity index (χ4v) is 0.539. The fraction of sp³-hybridized carbons (Fsp3) is 1.00. The first-order valence-corrected chi connectivity index (χ1v) is 5.12. The van der Waals surface area contributed by atoms with Gasteiger partial charge in [-0.25, -0.2) is 0 Å². The molecule has 5 nitrogen and oxygen atoms in total. The molecule has 13 heavy (non-hydrogen) atoms. The normalized spacial score (nSPS) is 9.54. The van der Waals surface area contributed by atoms with Crippen molar-refractivity contribution in [1.29, 1.82) is 0 Å². The van der Waals surface area contributed by atoms with Gasteiger partial charge in [0.25, 0.3) is 0 Å². The maximum atomic E-state index is 8.74. The van der Waals surface area contributed by atoms with Crippen molar-refractivity contribution in [3.8, 4) is 0 Å². The largest absolute Gasteiger partial charge is 1.00 e. The predicted octanol–water partition coefficient (Wildman–Crippen LogP) is -1.98. The van der Waals surface area contributed by atoms with E-state index >= 15 is 0 Å². The third-order valence-corrected chi connectivity index (χ3v) is 1.01. The summed E-state index contributed by atoms with van der Waals surface area (Å²) in [6.07, 6.45) is 4.68. The molecule has 0 saturated carbocycles. The van der Waals surface area contributed by atoms with Gasteiger partial charge in [-0.15, -0.1) is 0 Å². The van der Waals surface area contributed by atoms with Crippen LogP contribution in [0.1, 0.15) is 34.0 Å². The molecule has 0 fully saturated rings. The monoisotopic (exact) mass is 224 g/mol. The Hall–Kier alpha value is 0.830. The molecule has 0 radical (unpaired) electrons. The van der Waals surface area contributed by atoms with Crippen LogP contribution in [0.15, 0.2) is 0 Å². The third kappa shape index (κ3) is 64.5. The van der Waals surface area contributed by atoms with Crippen molar-refractivity contribution in [1.82, 2.24) is 0 Å². The van der Waals surface area contributed by atoms with E-state index < -0.39 is 10.4 Å². The summed E-state index contributed by atoms with van der Waals surface area (Å²) < 4.78 is 31.6. The number of aliphatic hydroxyl groups excluding tert-OH is 1. The molecule has 0 saturated heterocycles. The Bertz CT molecular complexity index is 161. The molecule has 0 heterocycles. The Morgan fingerprint density at radius 1 is 1.15 bits per heavy atom. The zero-order valence-electron chi connectivity index (χ0n) is 9.10. The van der Waals surface area contributed by atoms with Gasteiger partial charge >= 0.3 is 40.0 Å². The van der Waals surface area contributed by atoms with E-state index in [1.165, 1.54) is 19.3 Å². The topological polar surface area (TPSA) is 94.8 Å². The number of aliphatic hydroxyl groups is 1. The molecule has 7 heteroatoms. The summed E-state index contributed by atoms with van der Waals surface area (Å²) in [6.45, 7) is 2.53. The van der Waals surface area contributed by atoms with Crippen LogP contribution in [-0.4, -0.2) is 29.2 Å². The van der Waals surface area contributed by atoms with Gasteiger partial charge in [-0.3, -0.25) is 9.11 Å². The molecule has 78 valence electrons. The van der Waals surface area contributed by atoms with Gasteiger partial charge in [0, 0.05) is 6.61 Å². The van der Waals surface area contributed by atoms with E-state index in [9.17, 15) is 0 Å². The van der Waals surface area contributed by atoms with Gasteiger partial charge in [0.05, 0.1) is 0 Å². The second-order valence-electron chi connectivity index (χ2n) is 2.23. The van der Waals surface area contributed by atoms with E-state index in [2.05, 4.69) is 6.92 Å². The predicted molar refractivity (Wildman–Crippen MR) is 46.5 cm³/mol. The first kappa shape index (κ1) is 19.4. The third-order valence-electron chi connectivity index (χ3n) is 1.01. The molecular weight excluding hydrogens is 207 g/mol. The van der Waals surface area contributed by atoms with Crippen molar-refractivity contribution < 1.29 is 53.6 Å². The van der Waals surface area contributed by atoms with Crippen molar-refractivity contribution in [2.75, 3.05) is 6.61 Å². The molecule has 3 N–H and O–H groups in total. The zero-order chi connectivity index (χ0) is 10.0. The molecule has 0 bridgehead atoms. The van der Waals surface area contributed by atoms with Crippen molar-refractivity contribution in [3.05, 3.63) is 0 Å². The maximum Gasteiger partial charge on any atom is 1.00 e. The average molecular weight is 224 g/mol. The Kier molecular flexibility index (Phi) is 19.2. The van der Waals surface area contributed by atoms with Crippen molar-refractivity contribution >= 4 is 10.4 Å². The van der Waals surface area contributed by atoms with Gasteiger partial charge in [-0.05, 0) is 6.42 Å². The Labute approximate surface area is 103 Å². The van der Waals surface area contributed by atoms with E-state index in [0.29, 0.717) is 6.61 Å². The number of unbranched alkanes of at least 4 members (excludes halogenated alkanes) is 3. The van der Waals surface area contributed by atoms with Crippen LogP contribution in [0, 0.1) is 0 Å². The summed E-state index contributed by atoms with van der Waals surface area (Å²) in [6, 6.07) is 0. The van der Waals surface area contributed by atoms with Crippen LogP contribution in [-0.2, 0) is 10.4 Å². The van der Waals surface area contributed by atoms with E-state index in [4.69, 9.17) is 22.6 Å². The van der Waals surface area contributed by atoms with Crippen LogP contribution in [0.2, 0.25) is 0 Å². The van der Waals surface area contributed by atoms with E-state index in [1.807, 2.05) is 0 Å². The zero-order valence-corrected chi connectivity index (χ0v) is 10.9. The van der Waals surface area contributed by atoms with Gasteiger partial charge in [0.15, 0.2) is 0 Å². The van der Waals surface area contributed by atoms with E-state index in [1.54, 1.807) is 0 Å². The molecule has 0 atom stereocenters. The molecular formula is C6H17NaO5S. The van der Waals surface area contributed by atoms with E-state index in [-0.39, 0.29) is 31.0 Å². The van der Waals surface area contributed by atoms with Crippen molar-refractivity contribution in [2.45, 2.75) is 32.6 Å². The number of hydrogen-bond donors (Lipinski definition) is 3. The fourth-order valence-electron chi connectivity index (χ4n) is 0.539. The second-order valence-corrected chi connectivity index (χ2v) is 3.13. The minimum Gasteiger partial charge on any atom is -1.00 e. The molecule has 0 unspecified atom stereocenters. The molecule has 0 spiro atoms. The molecule has 0 aliphatic heterocycles. The Morgan fingerprint density at radius 2 is 1.54 bits per heavy atom. The standard InChI is InChI=1S/C6H14O.Na.H2O4S.H/c1-2-3-4-5-6-7;;1-5(2,3)4;/h7H,2-6H2,1H3;;(H2,1,2,3,4);/q;+1;;-1. The Morgan fingerprint density at radius 3 is 1.77 bits per heavy atom. The summed E-state index contributed by atoms with van der Waals surface area (Å²) in [4.78, 5) is 0.